The van der Waals surface area contributed by atoms with Crippen molar-refractivity contribution < 1.29 is 9.59 Å². The molecule has 2 aliphatic rings. The second-order valence-electron chi connectivity index (χ2n) is 10.9. The molecule has 39 heavy (non-hydrogen) atoms. The molecule has 1 N–H and O–H groups in total. The highest BCUT2D eigenvalue weighted by Gasteiger charge is 2.35. The van der Waals surface area contributed by atoms with Gasteiger partial charge in [0.1, 0.15) is 0 Å². The molecule has 0 radical (unpaired) electrons. The summed E-state index contributed by atoms with van der Waals surface area (Å²) in [5.74, 6) is 0. The molecule has 7 nitrogen and oxygen atoms in total. The van der Waals surface area contributed by atoms with Crippen molar-refractivity contribution in [3.05, 3.63) is 77.3 Å². The fourth-order valence-corrected chi connectivity index (χ4v) is 5.87. The molecule has 0 unspecified atom stereocenters. The summed E-state index contributed by atoms with van der Waals surface area (Å²) >= 11 is 5.99. The van der Waals surface area contributed by atoms with Gasteiger partial charge in [0.05, 0.1) is 6.04 Å². The Balaban J connectivity index is 1.07. The molecule has 206 valence electrons. The van der Waals surface area contributed by atoms with E-state index >= 15 is 0 Å². The third-order valence-corrected chi connectivity index (χ3v) is 8.50. The Morgan fingerprint density at radius 1 is 0.897 bits per heavy atom. The van der Waals surface area contributed by atoms with Gasteiger partial charge in [0.2, 0.25) is 0 Å². The van der Waals surface area contributed by atoms with Crippen LogP contribution in [0.5, 0.6) is 0 Å². The van der Waals surface area contributed by atoms with Crippen molar-refractivity contribution in [2.45, 2.75) is 37.8 Å². The standard InChI is InChI=1S/C31H38ClN5O2/c1-34(30(38)33-27-14-11-24-7-3-4-8-25(24)20-27)29-16-19-37(22-29)31(39)35(2)28-15-18-36(21-28)17-5-6-23-9-12-26(32)13-10-23/h3-4,7-14,20,28-29H,5-6,15-19,21-22H2,1-2H3,(H,33,38)/t28-,29+/m1/s1. The lowest BCUT2D eigenvalue weighted by Crippen LogP contribution is -2.48. The molecule has 0 aromatic heterocycles. The Morgan fingerprint density at radius 2 is 1.62 bits per heavy atom. The number of rotatable bonds is 7. The normalized spacial score (nSPS) is 19.4. The Labute approximate surface area is 236 Å². The number of fused-ring (bicyclic) bond motifs is 1. The Bertz CT molecular complexity index is 1300. The van der Waals surface area contributed by atoms with E-state index in [9.17, 15) is 9.59 Å². The zero-order valence-corrected chi connectivity index (χ0v) is 23.6. The molecule has 2 fully saturated rings. The zero-order valence-electron chi connectivity index (χ0n) is 22.9. The molecule has 2 heterocycles. The minimum absolute atomic E-state index is 0.00393. The van der Waals surface area contributed by atoms with E-state index in [0.717, 1.165) is 66.8 Å². The number of likely N-dealkylation sites (tertiary alicyclic amines) is 2. The molecule has 2 atom stereocenters. The minimum Gasteiger partial charge on any atom is -0.323 e. The van der Waals surface area contributed by atoms with Crippen LogP contribution in [0.2, 0.25) is 5.02 Å². The second-order valence-corrected chi connectivity index (χ2v) is 11.3. The van der Waals surface area contributed by atoms with Crippen molar-refractivity contribution in [3.8, 4) is 0 Å². The SMILES string of the molecule is CN(C(=O)Nc1ccc2ccccc2c1)[C@H]1CCN(C(=O)N(C)[C@@H]2CCN(CCCc3ccc(Cl)cc3)C2)C1. The van der Waals surface area contributed by atoms with Crippen LogP contribution in [-0.2, 0) is 6.42 Å². The predicted octanol–water partition coefficient (Wildman–Crippen LogP) is 5.79. The van der Waals surface area contributed by atoms with E-state index in [1.54, 1.807) is 4.90 Å². The molecule has 0 spiro atoms. The van der Waals surface area contributed by atoms with E-state index in [-0.39, 0.29) is 24.1 Å². The van der Waals surface area contributed by atoms with Crippen LogP contribution in [0.3, 0.4) is 0 Å². The first-order valence-corrected chi connectivity index (χ1v) is 14.3. The highest BCUT2D eigenvalue weighted by molar-refractivity contribution is 6.30. The monoisotopic (exact) mass is 547 g/mol. The number of urea groups is 2. The largest absolute Gasteiger partial charge is 0.323 e. The number of carbonyl (C=O) groups is 2. The third-order valence-electron chi connectivity index (χ3n) is 8.25. The van der Waals surface area contributed by atoms with Gasteiger partial charge in [-0.05, 0) is 72.8 Å². The van der Waals surface area contributed by atoms with Crippen LogP contribution in [0.15, 0.2) is 66.7 Å². The zero-order chi connectivity index (χ0) is 27.4. The summed E-state index contributed by atoms with van der Waals surface area (Å²) in [7, 11) is 3.74. The number of likely N-dealkylation sites (N-methyl/N-ethyl adjacent to an activating group) is 2. The van der Waals surface area contributed by atoms with Crippen molar-refractivity contribution in [2.75, 3.05) is 52.1 Å². The summed E-state index contributed by atoms with van der Waals surface area (Å²) in [5.41, 5.74) is 2.08. The molecule has 3 aromatic rings. The van der Waals surface area contributed by atoms with Gasteiger partial charge in [0.15, 0.2) is 0 Å². The van der Waals surface area contributed by atoms with E-state index in [4.69, 9.17) is 11.6 Å². The van der Waals surface area contributed by atoms with Crippen LogP contribution < -0.4 is 5.32 Å². The van der Waals surface area contributed by atoms with Crippen LogP contribution in [0.4, 0.5) is 15.3 Å². The first-order chi connectivity index (χ1) is 18.9. The lowest BCUT2D eigenvalue weighted by molar-refractivity contribution is 0.151. The molecule has 0 saturated carbocycles. The number of carbonyl (C=O) groups excluding carboxylic acids is 2. The van der Waals surface area contributed by atoms with Crippen molar-refractivity contribution in [2.24, 2.45) is 0 Å². The van der Waals surface area contributed by atoms with Crippen molar-refractivity contribution in [1.82, 2.24) is 19.6 Å². The van der Waals surface area contributed by atoms with E-state index in [1.165, 1.54) is 5.56 Å². The maximum absolute atomic E-state index is 13.3. The lowest BCUT2D eigenvalue weighted by atomic mass is 10.1. The van der Waals surface area contributed by atoms with E-state index in [1.807, 2.05) is 72.4 Å². The number of anilines is 1. The Hall–Kier alpha value is -3.29. The molecule has 0 aliphatic carbocycles. The average molecular weight is 548 g/mol. The van der Waals surface area contributed by atoms with Gasteiger partial charge in [0.25, 0.3) is 0 Å². The fourth-order valence-electron chi connectivity index (χ4n) is 5.74. The van der Waals surface area contributed by atoms with E-state index < -0.39 is 0 Å². The molecule has 2 aliphatic heterocycles. The maximum atomic E-state index is 13.3. The molecule has 3 aromatic carbocycles. The van der Waals surface area contributed by atoms with Gasteiger partial charge in [-0.1, -0.05) is 54.1 Å². The van der Waals surface area contributed by atoms with Crippen LogP contribution in [-0.4, -0.2) is 90.6 Å². The molecular formula is C31H38ClN5O2. The molecule has 5 rings (SSSR count). The molecule has 2 saturated heterocycles. The summed E-state index contributed by atoms with van der Waals surface area (Å²) < 4.78 is 0. The number of halogens is 1. The summed E-state index contributed by atoms with van der Waals surface area (Å²) in [6, 6.07) is 22.2. The van der Waals surface area contributed by atoms with Crippen molar-refractivity contribution >= 4 is 40.1 Å². The summed E-state index contributed by atoms with van der Waals surface area (Å²) in [5, 5.41) is 6.02. The highest BCUT2D eigenvalue weighted by atomic mass is 35.5. The second kappa shape index (κ2) is 12.3. The molecule has 4 amide bonds. The van der Waals surface area contributed by atoms with Gasteiger partial charge in [-0.2, -0.15) is 0 Å². The number of nitrogens with one attached hydrogen (secondary N) is 1. The number of aryl methyl sites for hydroxylation is 1. The number of amides is 4. The summed E-state index contributed by atoms with van der Waals surface area (Å²) in [6.45, 7) is 4.18. The third kappa shape index (κ3) is 6.65. The Kier molecular flexibility index (Phi) is 8.58. The minimum atomic E-state index is -0.150. The van der Waals surface area contributed by atoms with Crippen LogP contribution in [0.1, 0.15) is 24.8 Å². The number of hydrogen-bond donors (Lipinski definition) is 1. The predicted molar refractivity (Wildman–Crippen MR) is 158 cm³/mol. The Morgan fingerprint density at radius 3 is 2.41 bits per heavy atom. The van der Waals surface area contributed by atoms with Gasteiger partial charge < -0.3 is 24.9 Å². The van der Waals surface area contributed by atoms with Gasteiger partial charge in [0, 0.05) is 57.0 Å². The quantitative estimate of drug-likeness (QED) is 0.407. The molecule has 8 heteroatoms. The van der Waals surface area contributed by atoms with Gasteiger partial charge in [-0.15, -0.1) is 0 Å². The van der Waals surface area contributed by atoms with Crippen molar-refractivity contribution in [3.63, 3.8) is 0 Å². The average Bonchev–Trinajstić information content (AvgIpc) is 3.63. The number of hydrogen-bond acceptors (Lipinski definition) is 3. The number of nitrogens with zero attached hydrogens (tertiary/aromatic N) is 4. The van der Waals surface area contributed by atoms with Crippen LogP contribution >= 0.6 is 11.6 Å². The fraction of sp³-hybridized carbons (Fsp3) is 0.419. The van der Waals surface area contributed by atoms with Gasteiger partial charge in [-0.3, -0.25) is 0 Å². The topological polar surface area (TPSA) is 59.1 Å². The summed E-state index contributed by atoms with van der Waals surface area (Å²) in [4.78, 5) is 34.3. The highest BCUT2D eigenvalue weighted by Crippen LogP contribution is 2.23. The van der Waals surface area contributed by atoms with Crippen LogP contribution in [0, 0.1) is 0 Å². The molecular weight excluding hydrogens is 510 g/mol. The smallest absolute Gasteiger partial charge is 0.321 e. The van der Waals surface area contributed by atoms with Gasteiger partial charge in [-0.25, -0.2) is 9.59 Å². The summed E-state index contributed by atoms with van der Waals surface area (Å²) in [6.07, 6.45) is 3.90. The van der Waals surface area contributed by atoms with Crippen molar-refractivity contribution in [1.29, 1.82) is 0 Å². The molecule has 0 bridgehead atoms. The number of benzene rings is 3. The van der Waals surface area contributed by atoms with Gasteiger partial charge >= 0.3 is 12.1 Å². The van der Waals surface area contributed by atoms with Crippen LogP contribution in [0.25, 0.3) is 10.8 Å². The maximum Gasteiger partial charge on any atom is 0.321 e. The first kappa shape index (κ1) is 27.3. The lowest BCUT2D eigenvalue weighted by Gasteiger charge is -2.30. The van der Waals surface area contributed by atoms with E-state index in [2.05, 4.69) is 28.4 Å². The first-order valence-electron chi connectivity index (χ1n) is 13.9. The van der Waals surface area contributed by atoms with E-state index in [0.29, 0.717) is 13.1 Å².